The van der Waals surface area contributed by atoms with Crippen LogP contribution in [-0.2, 0) is 11.3 Å². The lowest BCUT2D eigenvalue weighted by molar-refractivity contribution is -0.384. The summed E-state index contributed by atoms with van der Waals surface area (Å²) in [4.78, 5) is 25.9. The van der Waals surface area contributed by atoms with E-state index in [-0.39, 0.29) is 35.4 Å². The van der Waals surface area contributed by atoms with Crippen molar-refractivity contribution in [1.29, 1.82) is 0 Å². The van der Waals surface area contributed by atoms with Gasteiger partial charge in [0.05, 0.1) is 10.5 Å². The molecule has 0 aliphatic carbocycles. The Morgan fingerprint density at radius 2 is 1.84 bits per heavy atom. The first-order chi connectivity index (χ1) is 12.0. The van der Waals surface area contributed by atoms with Crippen molar-refractivity contribution in [2.75, 3.05) is 0 Å². The molecule has 126 valence electrons. The minimum atomic E-state index is -0.684. The van der Waals surface area contributed by atoms with Crippen LogP contribution in [0, 0.1) is 15.9 Å². The van der Waals surface area contributed by atoms with Crippen LogP contribution in [0.1, 0.15) is 16.2 Å². The van der Waals surface area contributed by atoms with Gasteiger partial charge in [0.15, 0.2) is 6.61 Å². The van der Waals surface area contributed by atoms with Gasteiger partial charge in [0.2, 0.25) is 5.82 Å². The summed E-state index contributed by atoms with van der Waals surface area (Å²) < 4.78 is 22.9. The number of carbonyl (C=O) groups excluding carboxylic acids is 1. The molecule has 3 aromatic rings. The molecule has 3 rings (SSSR count). The third kappa shape index (κ3) is 3.83. The third-order valence-electron chi connectivity index (χ3n) is 3.21. The summed E-state index contributed by atoms with van der Waals surface area (Å²) in [6, 6.07) is 10.5. The highest BCUT2D eigenvalue weighted by Crippen LogP contribution is 2.17. The maximum Gasteiger partial charge on any atom is 0.338 e. The SMILES string of the molecule is O=C(OCc1nc(-c2ccc(F)cc2)no1)c1ccc([N+](=O)[O-])cc1. The Morgan fingerprint density at radius 3 is 2.48 bits per heavy atom. The van der Waals surface area contributed by atoms with Crippen LogP contribution in [0.3, 0.4) is 0 Å². The van der Waals surface area contributed by atoms with Crippen molar-refractivity contribution < 1.29 is 23.4 Å². The van der Waals surface area contributed by atoms with Gasteiger partial charge in [0.25, 0.3) is 11.6 Å². The molecule has 2 aromatic carbocycles. The first-order valence-corrected chi connectivity index (χ1v) is 7.03. The third-order valence-corrected chi connectivity index (χ3v) is 3.21. The van der Waals surface area contributed by atoms with Gasteiger partial charge >= 0.3 is 5.97 Å². The number of halogens is 1. The molecule has 0 unspecified atom stereocenters. The summed E-state index contributed by atoms with van der Waals surface area (Å²) in [5.74, 6) is -0.767. The summed E-state index contributed by atoms with van der Waals surface area (Å²) in [7, 11) is 0. The van der Waals surface area contributed by atoms with E-state index >= 15 is 0 Å². The number of nitro groups is 1. The van der Waals surface area contributed by atoms with Gasteiger partial charge in [0.1, 0.15) is 5.82 Å². The standard InChI is InChI=1S/C16H10FN3O5/c17-12-5-1-10(2-6-12)15-18-14(25-19-15)9-24-16(21)11-3-7-13(8-4-11)20(22)23/h1-8H,9H2. The van der Waals surface area contributed by atoms with E-state index in [2.05, 4.69) is 10.1 Å². The van der Waals surface area contributed by atoms with E-state index in [1.807, 2.05) is 0 Å². The molecule has 25 heavy (non-hydrogen) atoms. The zero-order chi connectivity index (χ0) is 17.8. The van der Waals surface area contributed by atoms with Crippen molar-refractivity contribution in [3.63, 3.8) is 0 Å². The monoisotopic (exact) mass is 343 g/mol. The van der Waals surface area contributed by atoms with Gasteiger partial charge in [-0.2, -0.15) is 4.98 Å². The highest BCUT2D eigenvalue weighted by atomic mass is 19.1. The number of ether oxygens (including phenoxy) is 1. The van der Waals surface area contributed by atoms with E-state index in [0.29, 0.717) is 5.56 Å². The maximum absolute atomic E-state index is 12.9. The second-order valence-electron chi connectivity index (χ2n) is 4.90. The van der Waals surface area contributed by atoms with E-state index in [0.717, 1.165) is 0 Å². The van der Waals surface area contributed by atoms with Crippen LogP contribution in [-0.4, -0.2) is 21.0 Å². The number of rotatable bonds is 5. The van der Waals surface area contributed by atoms with Crippen molar-refractivity contribution in [1.82, 2.24) is 10.1 Å². The largest absolute Gasteiger partial charge is 0.452 e. The van der Waals surface area contributed by atoms with Gasteiger partial charge in [-0.05, 0) is 36.4 Å². The molecule has 0 bridgehead atoms. The minimum Gasteiger partial charge on any atom is -0.452 e. The van der Waals surface area contributed by atoms with Gasteiger partial charge in [-0.1, -0.05) is 5.16 Å². The summed E-state index contributed by atoms with van der Waals surface area (Å²) in [6.45, 7) is -0.260. The molecule has 0 aliphatic rings. The van der Waals surface area contributed by atoms with E-state index in [4.69, 9.17) is 9.26 Å². The Hall–Kier alpha value is -3.62. The van der Waals surface area contributed by atoms with Crippen molar-refractivity contribution in [3.05, 3.63) is 75.9 Å². The lowest BCUT2D eigenvalue weighted by atomic mass is 10.2. The van der Waals surface area contributed by atoms with Gasteiger partial charge < -0.3 is 9.26 Å². The number of esters is 1. The first kappa shape index (κ1) is 16.2. The molecule has 0 atom stereocenters. The number of non-ortho nitro benzene ring substituents is 1. The fourth-order valence-electron chi connectivity index (χ4n) is 1.96. The molecule has 0 spiro atoms. The Labute approximate surface area is 140 Å². The van der Waals surface area contributed by atoms with Gasteiger partial charge in [0, 0.05) is 17.7 Å². The number of hydrogen-bond acceptors (Lipinski definition) is 7. The molecule has 0 aliphatic heterocycles. The smallest absolute Gasteiger partial charge is 0.338 e. The lowest BCUT2D eigenvalue weighted by Crippen LogP contribution is -2.05. The van der Waals surface area contributed by atoms with E-state index in [9.17, 15) is 19.3 Å². The average molecular weight is 343 g/mol. The van der Waals surface area contributed by atoms with Crippen LogP contribution in [0.5, 0.6) is 0 Å². The quantitative estimate of drug-likeness (QED) is 0.398. The molecule has 8 nitrogen and oxygen atoms in total. The maximum atomic E-state index is 12.9. The second kappa shape index (κ2) is 6.87. The summed E-state index contributed by atoms with van der Waals surface area (Å²) in [5.41, 5.74) is 0.583. The molecule has 0 saturated carbocycles. The Kier molecular flexibility index (Phi) is 4.46. The van der Waals surface area contributed by atoms with Crippen molar-refractivity contribution in [2.24, 2.45) is 0 Å². The number of hydrogen-bond donors (Lipinski definition) is 0. The van der Waals surface area contributed by atoms with Crippen LogP contribution in [0.15, 0.2) is 53.1 Å². The fourth-order valence-corrected chi connectivity index (χ4v) is 1.96. The average Bonchev–Trinajstić information content (AvgIpc) is 3.09. The fraction of sp³-hybridized carbons (Fsp3) is 0.0625. The van der Waals surface area contributed by atoms with Gasteiger partial charge in [-0.3, -0.25) is 10.1 Å². The number of benzene rings is 2. The van der Waals surface area contributed by atoms with Crippen LogP contribution >= 0.6 is 0 Å². The van der Waals surface area contributed by atoms with Crippen LogP contribution in [0.25, 0.3) is 11.4 Å². The Morgan fingerprint density at radius 1 is 1.16 bits per heavy atom. The van der Waals surface area contributed by atoms with E-state index in [1.54, 1.807) is 0 Å². The second-order valence-corrected chi connectivity index (χ2v) is 4.90. The molecule has 1 aromatic heterocycles. The van der Waals surface area contributed by atoms with Crippen LogP contribution in [0.4, 0.5) is 10.1 Å². The predicted molar refractivity (Wildman–Crippen MR) is 81.9 cm³/mol. The lowest BCUT2D eigenvalue weighted by Gasteiger charge is -2.01. The number of aromatic nitrogens is 2. The minimum absolute atomic E-state index is 0.0644. The zero-order valence-corrected chi connectivity index (χ0v) is 12.6. The normalized spacial score (nSPS) is 10.4. The summed E-state index contributed by atoms with van der Waals surface area (Å²) >= 11 is 0. The van der Waals surface area contributed by atoms with Crippen molar-refractivity contribution in [3.8, 4) is 11.4 Å². The number of nitro benzene ring substituents is 1. The molecule has 0 amide bonds. The van der Waals surface area contributed by atoms with Crippen LogP contribution < -0.4 is 0 Å². The van der Waals surface area contributed by atoms with Crippen LogP contribution in [0.2, 0.25) is 0 Å². The first-order valence-electron chi connectivity index (χ1n) is 7.03. The summed E-state index contributed by atoms with van der Waals surface area (Å²) in [6.07, 6.45) is 0. The van der Waals surface area contributed by atoms with Crippen molar-refractivity contribution >= 4 is 11.7 Å². The number of nitrogens with zero attached hydrogens (tertiary/aromatic N) is 3. The molecule has 0 fully saturated rings. The molecule has 9 heteroatoms. The Balaban J connectivity index is 1.62. The Bertz CT molecular complexity index is 906. The topological polar surface area (TPSA) is 108 Å². The van der Waals surface area contributed by atoms with Gasteiger partial charge in [-0.15, -0.1) is 0 Å². The molecule has 0 N–H and O–H groups in total. The molecule has 0 saturated heterocycles. The molecular weight excluding hydrogens is 333 g/mol. The molecule has 1 heterocycles. The summed E-state index contributed by atoms with van der Waals surface area (Å²) in [5, 5.41) is 14.3. The zero-order valence-electron chi connectivity index (χ0n) is 12.6. The van der Waals surface area contributed by atoms with Gasteiger partial charge in [-0.25, -0.2) is 9.18 Å². The highest BCUT2D eigenvalue weighted by molar-refractivity contribution is 5.89. The molecule has 0 radical (unpaired) electrons. The number of carbonyl (C=O) groups is 1. The van der Waals surface area contributed by atoms with E-state index < -0.39 is 10.9 Å². The molecular formula is C16H10FN3O5. The van der Waals surface area contributed by atoms with E-state index in [1.165, 1.54) is 48.5 Å². The predicted octanol–water partition coefficient (Wildman–Crippen LogP) is 3.14. The van der Waals surface area contributed by atoms with Crippen molar-refractivity contribution in [2.45, 2.75) is 6.61 Å². The highest BCUT2D eigenvalue weighted by Gasteiger charge is 2.14.